The maximum Gasteiger partial charge on any atom is 0.241 e. The third kappa shape index (κ3) is 4.42. The normalized spacial score (nSPS) is 22.9. The Balaban J connectivity index is 1.41. The first kappa shape index (κ1) is 19.1. The molecule has 5 nitrogen and oxygen atoms in total. The molecule has 0 spiro atoms. The van der Waals surface area contributed by atoms with E-state index >= 15 is 0 Å². The van der Waals surface area contributed by atoms with E-state index in [1.165, 1.54) is 11.1 Å². The highest BCUT2D eigenvalue weighted by Crippen LogP contribution is 2.29. The minimum atomic E-state index is -0.104. The van der Waals surface area contributed by atoms with E-state index in [9.17, 15) is 4.79 Å². The van der Waals surface area contributed by atoms with Crippen LogP contribution in [-0.4, -0.2) is 35.0 Å². The molecule has 2 aliphatic rings. The fourth-order valence-electron chi connectivity index (χ4n) is 4.20. The van der Waals surface area contributed by atoms with Crippen molar-refractivity contribution in [2.75, 3.05) is 18.5 Å². The van der Waals surface area contributed by atoms with Gasteiger partial charge in [0, 0.05) is 25.0 Å². The van der Waals surface area contributed by atoms with Gasteiger partial charge in [0.05, 0.1) is 17.8 Å². The standard InChI is InChI=1S/C23H29N3O2/c1-17-6-4-13-24-20(17)16-26-14-3-2-7-21(26)23(27)25-19-11-9-18(10-12-19)22-8-5-15-28-22/h4,6,9-13,21-22H,2-3,5,7-8,14-16H2,1H3,(H,25,27)/t21-,22?/m1/s1. The first-order valence-electron chi connectivity index (χ1n) is 10.4. The number of hydrogen-bond donors (Lipinski definition) is 1. The molecule has 4 rings (SSSR count). The molecular weight excluding hydrogens is 350 g/mol. The first-order valence-corrected chi connectivity index (χ1v) is 10.4. The number of pyridine rings is 1. The summed E-state index contributed by atoms with van der Waals surface area (Å²) in [6, 6.07) is 12.1. The predicted octanol–water partition coefficient (Wildman–Crippen LogP) is 4.23. The van der Waals surface area contributed by atoms with Crippen LogP contribution in [0.25, 0.3) is 0 Å². The maximum absolute atomic E-state index is 13.0. The maximum atomic E-state index is 13.0. The quantitative estimate of drug-likeness (QED) is 0.844. The zero-order valence-corrected chi connectivity index (χ0v) is 16.6. The van der Waals surface area contributed by atoms with E-state index in [2.05, 4.69) is 40.3 Å². The van der Waals surface area contributed by atoms with Gasteiger partial charge >= 0.3 is 0 Å². The molecule has 2 atom stereocenters. The molecule has 2 saturated heterocycles. The number of aromatic nitrogens is 1. The van der Waals surface area contributed by atoms with E-state index in [0.29, 0.717) is 0 Å². The molecule has 1 aromatic carbocycles. The highest BCUT2D eigenvalue weighted by Gasteiger charge is 2.29. The van der Waals surface area contributed by atoms with Crippen LogP contribution in [0.15, 0.2) is 42.6 Å². The number of amides is 1. The Morgan fingerprint density at radius 2 is 2.04 bits per heavy atom. The van der Waals surface area contributed by atoms with Crippen molar-refractivity contribution < 1.29 is 9.53 Å². The Hall–Kier alpha value is -2.24. The summed E-state index contributed by atoms with van der Waals surface area (Å²) < 4.78 is 5.74. The number of anilines is 1. The SMILES string of the molecule is Cc1cccnc1CN1CCCC[C@@H]1C(=O)Nc1ccc(C2CCCO2)cc1. The summed E-state index contributed by atoms with van der Waals surface area (Å²) in [6.45, 7) is 4.59. The Kier molecular flexibility index (Phi) is 6.03. The van der Waals surface area contributed by atoms with Crippen LogP contribution in [0.2, 0.25) is 0 Å². The first-order chi connectivity index (χ1) is 13.7. The number of nitrogens with one attached hydrogen (secondary N) is 1. The number of ether oxygens (including phenoxy) is 1. The molecule has 2 aliphatic heterocycles. The van der Waals surface area contributed by atoms with E-state index in [1.807, 2.05) is 24.4 Å². The van der Waals surface area contributed by atoms with Crippen molar-refractivity contribution in [3.05, 3.63) is 59.4 Å². The van der Waals surface area contributed by atoms with Crippen molar-refractivity contribution in [2.45, 2.75) is 57.7 Å². The summed E-state index contributed by atoms with van der Waals surface area (Å²) in [5.41, 5.74) is 4.28. The van der Waals surface area contributed by atoms with Crippen LogP contribution in [0.3, 0.4) is 0 Å². The molecule has 3 heterocycles. The van der Waals surface area contributed by atoms with Crippen molar-refractivity contribution in [2.24, 2.45) is 0 Å². The molecule has 2 fully saturated rings. The van der Waals surface area contributed by atoms with E-state index in [0.717, 1.165) is 63.2 Å². The summed E-state index contributed by atoms with van der Waals surface area (Å²) in [5.74, 6) is 0.0816. The second-order valence-electron chi connectivity index (χ2n) is 7.86. The number of carbonyl (C=O) groups is 1. The van der Waals surface area contributed by atoms with E-state index in [-0.39, 0.29) is 18.1 Å². The fourth-order valence-corrected chi connectivity index (χ4v) is 4.20. The van der Waals surface area contributed by atoms with Crippen LogP contribution in [0.5, 0.6) is 0 Å². The minimum absolute atomic E-state index is 0.0816. The number of rotatable bonds is 5. The Morgan fingerprint density at radius 3 is 2.79 bits per heavy atom. The summed E-state index contributed by atoms with van der Waals surface area (Å²) in [4.78, 5) is 19.8. The van der Waals surface area contributed by atoms with Gasteiger partial charge in [0.2, 0.25) is 5.91 Å². The summed E-state index contributed by atoms with van der Waals surface area (Å²) in [7, 11) is 0. The summed E-state index contributed by atoms with van der Waals surface area (Å²) >= 11 is 0. The number of hydrogen-bond acceptors (Lipinski definition) is 4. The van der Waals surface area contributed by atoms with Gasteiger partial charge in [-0.1, -0.05) is 24.6 Å². The number of carbonyl (C=O) groups excluding carboxylic acids is 1. The van der Waals surface area contributed by atoms with Crippen LogP contribution in [0.1, 0.15) is 55.0 Å². The van der Waals surface area contributed by atoms with Crippen LogP contribution in [0.4, 0.5) is 5.69 Å². The third-order valence-corrected chi connectivity index (χ3v) is 5.87. The van der Waals surface area contributed by atoms with Gasteiger partial charge in [-0.2, -0.15) is 0 Å². The molecule has 1 aromatic heterocycles. The second kappa shape index (κ2) is 8.84. The lowest BCUT2D eigenvalue weighted by Crippen LogP contribution is -2.46. The van der Waals surface area contributed by atoms with Gasteiger partial charge < -0.3 is 10.1 Å². The molecule has 5 heteroatoms. The molecule has 1 unspecified atom stereocenters. The Morgan fingerprint density at radius 1 is 1.18 bits per heavy atom. The van der Waals surface area contributed by atoms with E-state index in [4.69, 9.17) is 4.74 Å². The number of benzene rings is 1. The Bertz CT molecular complexity index is 800. The lowest BCUT2D eigenvalue weighted by Gasteiger charge is -2.34. The number of likely N-dealkylation sites (tertiary alicyclic amines) is 1. The molecule has 1 N–H and O–H groups in total. The van der Waals surface area contributed by atoms with E-state index < -0.39 is 0 Å². The molecule has 0 bridgehead atoms. The zero-order chi connectivity index (χ0) is 19.3. The van der Waals surface area contributed by atoms with Crippen molar-refractivity contribution in [1.29, 1.82) is 0 Å². The lowest BCUT2D eigenvalue weighted by molar-refractivity contribution is -0.122. The summed E-state index contributed by atoms with van der Waals surface area (Å²) in [5, 5.41) is 3.12. The van der Waals surface area contributed by atoms with Gasteiger partial charge in [-0.3, -0.25) is 14.7 Å². The second-order valence-corrected chi connectivity index (χ2v) is 7.86. The van der Waals surface area contributed by atoms with Crippen molar-refractivity contribution in [3.8, 4) is 0 Å². The van der Waals surface area contributed by atoms with Gasteiger partial charge in [-0.25, -0.2) is 0 Å². The minimum Gasteiger partial charge on any atom is -0.374 e. The molecule has 28 heavy (non-hydrogen) atoms. The average Bonchev–Trinajstić information content (AvgIpc) is 3.25. The highest BCUT2D eigenvalue weighted by molar-refractivity contribution is 5.94. The van der Waals surface area contributed by atoms with Gasteiger partial charge in [-0.15, -0.1) is 0 Å². The van der Waals surface area contributed by atoms with Crippen molar-refractivity contribution in [3.63, 3.8) is 0 Å². The number of aryl methyl sites for hydroxylation is 1. The van der Waals surface area contributed by atoms with Gasteiger partial charge in [0.1, 0.15) is 0 Å². The zero-order valence-electron chi connectivity index (χ0n) is 16.6. The average molecular weight is 380 g/mol. The van der Waals surface area contributed by atoms with Crippen LogP contribution in [0, 0.1) is 6.92 Å². The molecule has 2 aromatic rings. The van der Waals surface area contributed by atoms with Crippen LogP contribution < -0.4 is 5.32 Å². The third-order valence-electron chi connectivity index (χ3n) is 5.87. The number of nitrogens with zero attached hydrogens (tertiary/aromatic N) is 2. The highest BCUT2D eigenvalue weighted by atomic mass is 16.5. The molecule has 0 saturated carbocycles. The van der Waals surface area contributed by atoms with Crippen LogP contribution >= 0.6 is 0 Å². The largest absolute Gasteiger partial charge is 0.374 e. The van der Waals surface area contributed by atoms with Gasteiger partial charge in [0.15, 0.2) is 0 Å². The van der Waals surface area contributed by atoms with Gasteiger partial charge in [-0.05, 0) is 68.5 Å². The topological polar surface area (TPSA) is 54.5 Å². The lowest BCUT2D eigenvalue weighted by atomic mass is 10.00. The molecular formula is C23H29N3O2. The fraction of sp³-hybridized carbons (Fsp3) is 0.478. The number of piperidine rings is 1. The molecule has 1 amide bonds. The summed E-state index contributed by atoms with van der Waals surface area (Å²) in [6.07, 6.45) is 7.36. The van der Waals surface area contributed by atoms with Crippen LogP contribution in [-0.2, 0) is 16.1 Å². The smallest absolute Gasteiger partial charge is 0.241 e. The van der Waals surface area contributed by atoms with E-state index in [1.54, 1.807) is 0 Å². The molecule has 0 aliphatic carbocycles. The van der Waals surface area contributed by atoms with Gasteiger partial charge in [0.25, 0.3) is 0 Å². The molecule has 148 valence electrons. The van der Waals surface area contributed by atoms with Crippen molar-refractivity contribution >= 4 is 11.6 Å². The Labute approximate surface area is 167 Å². The molecule has 0 radical (unpaired) electrons. The predicted molar refractivity (Wildman–Crippen MR) is 110 cm³/mol. The monoisotopic (exact) mass is 379 g/mol. The van der Waals surface area contributed by atoms with Crippen molar-refractivity contribution in [1.82, 2.24) is 9.88 Å².